The molecule has 0 aliphatic carbocycles. The fraction of sp³-hybridized carbons (Fsp3) is 0.375. The molecule has 0 bridgehead atoms. The van der Waals surface area contributed by atoms with Crippen LogP contribution in [-0.4, -0.2) is 48.9 Å². The van der Waals surface area contributed by atoms with Crippen LogP contribution in [0.3, 0.4) is 0 Å². The standard InChI is InChI=1S/C16H19ClN2O3/c1-10(20)13-14(11-4-6-12(17)7-5-11)19(9-8-18(2)3)16(22)15(13)21/h4-7,14,21H,8-9H2,1-3H3/p+1/t14-/m0/s1. The molecule has 1 aromatic carbocycles. The third kappa shape index (κ3) is 3.15. The Labute approximate surface area is 134 Å². The zero-order chi connectivity index (χ0) is 16.4. The number of hydrogen-bond donors (Lipinski definition) is 2. The number of aliphatic hydroxyl groups excluding tert-OH is 1. The van der Waals surface area contributed by atoms with Crippen LogP contribution in [0, 0.1) is 0 Å². The molecule has 0 saturated heterocycles. The number of nitrogens with zero attached hydrogens (tertiary/aromatic N) is 1. The van der Waals surface area contributed by atoms with Gasteiger partial charge in [-0.3, -0.25) is 9.59 Å². The first-order valence-corrected chi connectivity index (χ1v) is 7.50. The van der Waals surface area contributed by atoms with E-state index in [0.29, 0.717) is 18.1 Å². The molecule has 0 spiro atoms. The molecule has 0 saturated carbocycles. The minimum absolute atomic E-state index is 0.154. The number of nitrogens with one attached hydrogen (secondary N) is 1. The van der Waals surface area contributed by atoms with Gasteiger partial charge in [-0.2, -0.15) is 0 Å². The molecule has 1 heterocycles. The number of ketones is 1. The zero-order valence-electron chi connectivity index (χ0n) is 12.9. The van der Waals surface area contributed by atoms with Gasteiger partial charge >= 0.3 is 0 Å². The van der Waals surface area contributed by atoms with Gasteiger partial charge in [0.05, 0.1) is 38.8 Å². The predicted molar refractivity (Wildman–Crippen MR) is 83.9 cm³/mol. The van der Waals surface area contributed by atoms with Crippen molar-refractivity contribution in [3.05, 3.63) is 46.2 Å². The van der Waals surface area contributed by atoms with Gasteiger partial charge in [0.25, 0.3) is 5.91 Å². The highest BCUT2D eigenvalue weighted by atomic mass is 35.5. The molecule has 5 nitrogen and oxygen atoms in total. The van der Waals surface area contributed by atoms with Gasteiger partial charge in [-0.25, -0.2) is 0 Å². The molecule has 22 heavy (non-hydrogen) atoms. The van der Waals surface area contributed by atoms with Crippen LogP contribution < -0.4 is 4.90 Å². The van der Waals surface area contributed by atoms with Crippen LogP contribution in [0.25, 0.3) is 0 Å². The summed E-state index contributed by atoms with van der Waals surface area (Å²) >= 11 is 5.90. The number of quaternary nitrogens is 1. The van der Waals surface area contributed by atoms with Crippen molar-refractivity contribution in [3.63, 3.8) is 0 Å². The SMILES string of the molecule is CC(=O)C1=C(O)C(=O)N(CC[NH+](C)C)[C@H]1c1ccc(Cl)cc1. The topological polar surface area (TPSA) is 62.0 Å². The second kappa shape index (κ2) is 6.50. The molecule has 1 aliphatic rings. The molecule has 1 atom stereocenters. The fourth-order valence-electron chi connectivity index (χ4n) is 2.58. The van der Waals surface area contributed by atoms with Gasteiger partial charge in [0.15, 0.2) is 11.5 Å². The number of carbonyl (C=O) groups is 2. The molecule has 0 aromatic heterocycles. The molecular weight excluding hydrogens is 304 g/mol. The molecule has 6 heteroatoms. The number of halogens is 1. The van der Waals surface area contributed by atoms with Gasteiger partial charge in [0.2, 0.25) is 0 Å². The van der Waals surface area contributed by atoms with E-state index in [-0.39, 0.29) is 11.4 Å². The third-order valence-corrected chi connectivity index (χ3v) is 3.97. The highest BCUT2D eigenvalue weighted by Crippen LogP contribution is 2.37. The van der Waals surface area contributed by atoms with Gasteiger partial charge in [-0.1, -0.05) is 23.7 Å². The lowest BCUT2D eigenvalue weighted by Gasteiger charge is -2.26. The molecule has 0 fully saturated rings. The van der Waals surface area contributed by atoms with E-state index in [1.54, 1.807) is 29.2 Å². The largest absolute Gasteiger partial charge is 0.503 e. The van der Waals surface area contributed by atoms with Crippen molar-refractivity contribution >= 4 is 23.3 Å². The zero-order valence-corrected chi connectivity index (χ0v) is 13.6. The molecule has 1 amide bonds. The minimum atomic E-state index is -0.554. The number of Topliss-reactive ketones (excluding diaryl/α,β-unsaturated/α-hetero) is 1. The lowest BCUT2D eigenvalue weighted by atomic mass is 9.97. The van der Waals surface area contributed by atoms with Crippen molar-refractivity contribution in [1.29, 1.82) is 0 Å². The van der Waals surface area contributed by atoms with Crippen molar-refractivity contribution in [1.82, 2.24) is 4.90 Å². The Morgan fingerprint density at radius 3 is 2.41 bits per heavy atom. The highest BCUT2D eigenvalue weighted by Gasteiger charge is 2.42. The number of rotatable bonds is 5. The smallest absolute Gasteiger partial charge is 0.290 e. The summed E-state index contributed by atoms with van der Waals surface area (Å²) in [5.41, 5.74) is 0.918. The van der Waals surface area contributed by atoms with E-state index in [4.69, 9.17) is 11.6 Å². The van der Waals surface area contributed by atoms with Crippen LogP contribution in [0.2, 0.25) is 5.02 Å². The van der Waals surface area contributed by atoms with Crippen LogP contribution in [0.4, 0.5) is 0 Å². The normalized spacial score (nSPS) is 18.5. The van der Waals surface area contributed by atoms with Gasteiger partial charge in [0.1, 0.15) is 0 Å². The summed E-state index contributed by atoms with van der Waals surface area (Å²) in [5.74, 6) is -1.24. The Morgan fingerprint density at radius 1 is 1.32 bits per heavy atom. The summed E-state index contributed by atoms with van der Waals surface area (Å²) < 4.78 is 0. The second-order valence-corrected chi connectivity index (χ2v) is 6.16. The molecule has 2 N–H and O–H groups in total. The molecular formula is C16H20ClN2O3+. The van der Waals surface area contributed by atoms with E-state index in [2.05, 4.69) is 0 Å². The number of benzene rings is 1. The van der Waals surface area contributed by atoms with Crippen molar-refractivity contribution < 1.29 is 19.6 Å². The van der Waals surface area contributed by atoms with Crippen molar-refractivity contribution in [2.75, 3.05) is 27.2 Å². The summed E-state index contributed by atoms with van der Waals surface area (Å²) in [7, 11) is 3.97. The van der Waals surface area contributed by atoms with E-state index in [0.717, 1.165) is 5.56 Å². The lowest BCUT2D eigenvalue weighted by Crippen LogP contribution is -3.06. The Hall–Kier alpha value is -1.85. The molecule has 0 unspecified atom stereocenters. The van der Waals surface area contributed by atoms with E-state index < -0.39 is 17.7 Å². The molecule has 1 aromatic rings. The monoisotopic (exact) mass is 323 g/mol. The molecule has 118 valence electrons. The average molecular weight is 324 g/mol. The molecule has 1 aliphatic heterocycles. The van der Waals surface area contributed by atoms with Crippen LogP contribution in [0.5, 0.6) is 0 Å². The number of likely N-dealkylation sites (N-methyl/N-ethyl adjacent to an activating group) is 1. The van der Waals surface area contributed by atoms with E-state index in [1.165, 1.54) is 11.8 Å². The van der Waals surface area contributed by atoms with Crippen LogP contribution in [0.1, 0.15) is 18.5 Å². The van der Waals surface area contributed by atoms with E-state index in [9.17, 15) is 14.7 Å². The van der Waals surface area contributed by atoms with Gasteiger partial charge < -0.3 is 14.9 Å². The Balaban J connectivity index is 2.43. The third-order valence-electron chi connectivity index (χ3n) is 3.72. The van der Waals surface area contributed by atoms with Crippen molar-refractivity contribution in [3.8, 4) is 0 Å². The maximum absolute atomic E-state index is 12.3. The van der Waals surface area contributed by atoms with E-state index in [1.807, 2.05) is 14.1 Å². The summed E-state index contributed by atoms with van der Waals surface area (Å²) in [6.45, 7) is 2.53. The fourth-order valence-corrected chi connectivity index (χ4v) is 2.71. The number of hydrogen-bond acceptors (Lipinski definition) is 3. The summed E-state index contributed by atoms with van der Waals surface area (Å²) in [5, 5.41) is 10.7. The lowest BCUT2D eigenvalue weighted by molar-refractivity contribution is -0.857. The quantitative estimate of drug-likeness (QED) is 0.841. The van der Waals surface area contributed by atoms with Crippen LogP contribution in [-0.2, 0) is 9.59 Å². The number of amides is 1. The van der Waals surface area contributed by atoms with Crippen molar-refractivity contribution in [2.24, 2.45) is 0 Å². The minimum Gasteiger partial charge on any atom is -0.503 e. The van der Waals surface area contributed by atoms with Crippen LogP contribution in [0.15, 0.2) is 35.6 Å². The molecule has 0 radical (unpaired) electrons. The highest BCUT2D eigenvalue weighted by molar-refractivity contribution is 6.30. The first-order valence-electron chi connectivity index (χ1n) is 7.12. The summed E-state index contributed by atoms with van der Waals surface area (Å²) in [6.07, 6.45) is 0. The predicted octanol–water partition coefficient (Wildman–Crippen LogP) is 0.769. The van der Waals surface area contributed by atoms with Gasteiger partial charge in [-0.05, 0) is 24.6 Å². The van der Waals surface area contributed by atoms with Gasteiger partial charge in [0, 0.05) is 5.02 Å². The summed E-state index contributed by atoms with van der Waals surface area (Å²) in [4.78, 5) is 26.9. The first-order chi connectivity index (χ1) is 10.3. The first kappa shape index (κ1) is 16.5. The van der Waals surface area contributed by atoms with Crippen molar-refractivity contribution in [2.45, 2.75) is 13.0 Å². The molecule has 2 rings (SSSR count). The number of carbonyl (C=O) groups excluding carboxylic acids is 2. The Kier molecular flexibility index (Phi) is 4.88. The Morgan fingerprint density at radius 2 is 1.91 bits per heavy atom. The van der Waals surface area contributed by atoms with Gasteiger partial charge in [-0.15, -0.1) is 0 Å². The Bertz CT molecular complexity index is 623. The average Bonchev–Trinajstić information content (AvgIpc) is 2.70. The van der Waals surface area contributed by atoms with E-state index >= 15 is 0 Å². The maximum Gasteiger partial charge on any atom is 0.290 e. The number of aliphatic hydroxyl groups is 1. The van der Waals surface area contributed by atoms with Crippen LogP contribution >= 0.6 is 11.6 Å². The second-order valence-electron chi connectivity index (χ2n) is 5.73. The maximum atomic E-state index is 12.3. The summed E-state index contributed by atoms with van der Waals surface area (Å²) in [6, 6.07) is 6.42.